The summed E-state index contributed by atoms with van der Waals surface area (Å²) in [6.07, 6.45) is 0. The van der Waals surface area contributed by atoms with Gasteiger partial charge in [-0.1, -0.05) is 11.6 Å². The van der Waals surface area contributed by atoms with Crippen molar-refractivity contribution in [3.63, 3.8) is 0 Å². The molecule has 0 bridgehead atoms. The van der Waals surface area contributed by atoms with Crippen LogP contribution in [0, 0.1) is 6.92 Å². The fraction of sp³-hybridized carbons (Fsp3) is 0.105. The molecule has 3 aromatic rings. The summed E-state index contributed by atoms with van der Waals surface area (Å²) in [4.78, 5) is 21.1. The summed E-state index contributed by atoms with van der Waals surface area (Å²) in [6.45, 7) is 1.81. The molecule has 6 nitrogen and oxygen atoms in total. The van der Waals surface area contributed by atoms with Crippen LogP contribution in [-0.2, 0) is 0 Å². The molecule has 1 amide bonds. The maximum absolute atomic E-state index is 12.5. The molecule has 0 saturated heterocycles. The van der Waals surface area contributed by atoms with Crippen molar-refractivity contribution in [3.8, 4) is 5.75 Å². The average Bonchev–Trinajstić information content (AvgIpc) is 2.64. The number of aromatic nitrogens is 2. The fourth-order valence-corrected chi connectivity index (χ4v) is 2.40. The number of nitrogens with zero attached hydrogens (tertiary/aromatic N) is 2. The van der Waals surface area contributed by atoms with Gasteiger partial charge in [0, 0.05) is 22.1 Å². The van der Waals surface area contributed by atoms with Gasteiger partial charge in [0.25, 0.3) is 5.91 Å². The van der Waals surface area contributed by atoms with E-state index in [4.69, 9.17) is 16.3 Å². The number of carbonyl (C=O) groups is 1. The second kappa shape index (κ2) is 7.84. The molecular formula is C19H17ClN4O2. The first kappa shape index (κ1) is 17.7. The highest BCUT2D eigenvalue weighted by Crippen LogP contribution is 2.19. The normalized spacial score (nSPS) is 10.3. The maximum atomic E-state index is 12.5. The molecule has 1 heterocycles. The number of benzene rings is 2. The van der Waals surface area contributed by atoms with Crippen molar-refractivity contribution in [1.82, 2.24) is 9.97 Å². The molecule has 0 aliphatic carbocycles. The van der Waals surface area contributed by atoms with Gasteiger partial charge in [-0.3, -0.25) is 4.79 Å². The van der Waals surface area contributed by atoms with Crippen molar-refractivity contribution in [2.75, 3.05) is 17.7 Å². The number of hydrogen-bond donors (Lipinski definition) is 2. The van der Waals surface area contributed by atoms with Gasteiger partial charge < -0.3 is 15.4 Å². The smallest absolute Gasteiger partial charge is 0.274 e. The Balaban J connectivity index is 1.77. The average molecular weight is 369 g/mol. The van der Waals surface area contributed by atoms with Crippen molar-refractivity contribution in [2.45, 2.75) is 6.92 Å². The fourth-order valence-electron chi connectivity index (χ4n) is 2.27. The van der Waals surface area contributed by atoms with Gasteiger partial charge in [0.2, 0.25) is 5.95 Å². The quantitative estimate of drug-likeness (QED) is 0.696. The number of rotatable bonds is 5. The number of anilines is 3. The number of amides is 1. The zero-order chi connectivity index (χ0) is 18.5. The number of methoxy groups -OCH3 is 1. The molecule has 0 spiro atoms. The largest absolute Gasteiger partial charge is 0.497 e. The highest BCUT2D eigenvalue weighted by Gasteiger charge is 2.11. The second-order valence-corrected chi connectivity index (χ2v) is 5.97. The Labute approximate surface area is 156 Å². The molecule has 2 aromatic carbocycles. The predicted molar refractivity (Wildman–Crippen MR) is 102 cm³/mol. The van der Waals surface area contributed by atoms with Crippen LogP contribution in [0.25, 0.3) is 0 Å². The summed E-state index contributed by atoms with van der Waals surface area (Å²) in [5.74, 6) is 0.774. The van der Waals surface area contributed by atoms with Crippen LogP contribution >= 0.6 is 11.6 Å². The van der Waals surface area contributed by atoms with Gasteiger partial charge in [0.05, 0.1) is 7.11 Å². The number of nitrogens with one attached hydrogen (secondary N) is 2. The molecule has 0 fully saturated rings. The van der Waals surface area contributed by atoms with E-state index < -0.39 is 0 Å². The molecule has 0 saturated carbocycles. The lowest BCUT2D eigenvalue weighted by Crippen LogP contribution is -2.15. The predicted octanol–water partition coefficient (Wildman–Crippen LogP) is 4.44. The summed E-state index contributed by atoms with van der Waals surface area (Å²) in [5.41, 5.74) is 2.38. The van der Waals surface area contributed by atoms with Crippen LogP contribution in [-0.4, -0.2) is 23.0 Å². The first-order chi connectivity index (χ1) is 12.5. The molecule has 26 heavy (non-hydrogen) atoms. The number of aryl methyl sites for hydroxylation is 1. The summed E-state index contributed by atoms with van der Waals surface area (Å²) < 4.78 is 5.13. The van der Waals surface area contributed by atoms with Gasteiger partial charge in [-0.05, 0) is 61.5 Å². The third kappa shape index (κ3) is 4.49. The summed E-state index contributed by atoms with van der Waals surface area (Å²) in [6, 6.07) is 15.8. The van der Waals surface area contributed by atoms with Crippen LogP contribution in [0.2, 0.25) is 5.02 Å². The molecule has 7 heteroatoms. The van der Waals surface area contributed by atoms with Crippen LogP contribution < -0.4 is 15.4 Å². The van der Waals surface area contributed by atoms with E-state index in [-0.39, 0.29) is 11.6 Å². The Kier molecular flexibility index (Phi) is 5.34. The zero-order valence-corrected chi connectivity index (χ0v) is 15.0. The van der Waals surface area contributed by atoms with E-state index in [2.05, 4.69) is 20.6 Å². The van der Waals surface area contributed by atoms with E-state index in [1.165, 1.54) is 0 Å². The summed E-state index contributed by atoms with van der Waals surface area (Å²) >= 11 is 5.85. The first-order valence-corrected chi connectivity index (χ1v) is 8.25. The molecule has 0 radical (unpaired) electrons. The van der Waals surface area contributed by atoms with Crippen LogP contribution in [0.15, 0.2) is 54.6 Å². The van der Waals surface area contributed by atoms with Gasteiger partial charge in [-0.25, -0.2) is 9.97 Å². The van der Waals surface area contributed by atoms with E-state index >= 15 is 0 Å². The molecule has 0 aliphatic rings. The molecule has 1 aromatic heterocycles. The number of hydrogen-bond acceptors (Lipinski definition) is 5. The van der Waals surface area contributed by atoms with Gasteiger partial charge in [-0.15, -0.1) is 0 Å². The van der Waals surface area contributed by atoms with Gasteiger partial charge >= 0.3 is 0 Å². The Morgan fingerprint density at radius 2 is 1.65 bits per heavy atom. The van der Waals surface area contributed by atoms with E-state index in [1.54, 1.807) is 44.4 Å². The third-order valence-electron chi connectivity index (χ3n) is 3.54. The Morgan fingerprint density at radius 1 is 1.00 bits per heavy atom. The minimum absolute atomic E-state index is 0.267. The summed E-state index contributed by atoms with van der Waals surface area (Å²) in [7, 11) is 1.61. The zero-order valence-electron chi connectivity index (χ0n) is 14.3. The number of halogens is 1. The molecule has 0 atom stereocenters. The second-order valence-electron chi connectivity index (χ2n) is 5.53. The van der Waals surface area contributed by atoms with Crippen molar-refractivity contribution in [3.05, 3.63) is 71.0 Å². The lowest BCUT2D eigenvalue weighted by molar-refractivity contribution is 0.102. The Morgan fingerprint density at radius 3 is 2.31 bits per heavy atom. The molecule has 0 aliphatic heterocycles. The number of ether oxygens (including phenoxy) is 1. The van der Waals surface area contributed by atoms with E-state index in [1.807, 2.05) is 24.3 Å². The van der Waals surface area contributed by atoms with Crippen LogP contribution in [0.4, 0.5) is 17.3 Å². The van der Waals surface area contributed by atoms with Gasteiger partial charge in [0.15, 0.2) is 0 Å². The minimum Gasteiger partial charge on any atom is -0.497 e. The van der Waals surface area contributed by atoms with Crippen molar-refractivity contribution in [2.24, 2.45) is 0 Å². The monoisotopic (exact) mass is 368 g/mol. The van der Waals surface area contributed by atoms with Crippen molar-refractivity contribution < 1.29 is 9.53 Å². The van der Waals surface area contributed by atoms with Crippen LogP contribution in [0.5, 0.6) is 5.75 Å². The lowest BCUT2D eigenvalue weighted by Gasteiger charge is -2.09. The Bertz CT molecular complexity index is 912. The SMILES string of the molecule is COc1ccc(Nc2nc(C)cc(C(=O)Nc3ccc(Cl)cc3)n2)cc1. The van der Waals surface area contributed by atoms with Gasteiger partial charge in [0.1, 0.15) is 11.4 Å². The maximum Gasteiger partial charge on any atom is 0.274 e. The molecule has 132 valence electrons. The van der Waals surface area contributed by atoms with Gasteiger partial charge in [-0.2, -0.15) is 0 Å². The minimum atomic E-state index is -0.324. The highest BCUT2D eigenvalue weighted by atomic mass is 35.5. The highest BCUT2D eigenvalue weighted by molar-refractivity contribution is 6.30. The van der Waals surface area contributed by atoms with Crippen molar-refractivity contribution in [1.29, 1.82) is 0 Å². The standard InChI is InChI=1S/C19H17ClN4O2/c1-12-11-17(18(25)22-14-5-3-13(20)4-6-14)24-19(21-12)23-15-7-9-16(26-2)10-8-15/h3-11H,1-2H3,(H,22,25)(H,21,23,24). The summed E-state index contributed by atoms with van der Waals surface area (Å²) in [5, 5.41) is 6.48. The molecule has 0 unspecified atom stereocenters. The first-order valence-electron chi connectivity index (χ1n) is 7.87. The van der Waals surface area contributed by atoms with E-state index in [0.29, 0.717) is 22.4 Å². The molecule has 3 rings (SSSR count). The van der Waals surface area contributed by atoms with Crippen LogP contribution in [0.1, 0.15) is 16.2 Å². The topological polar surface area (TPSA) is 76.1 Å². The third-order valence-corrected chi connectivity index (χ3v) is 3.79. The molecular weight excluding hydrogens is 352 g/mol. The Hall–Kier alpha value is -3.12. The van der Waals surface area contributed by atoms with E-state index in [9.17, 15) is 4.79 Å². The van der Waals surface area contributed by atoms with Crippen molar-refractivity contribution >= 4 is 34.8 Å². The lowest BCUT2D eigenvalue weighted by atomic mass is 10.3. The van der Waals surface area contributed by atoms with E-state index in [0.717, 1.165) is 11.4 Å². The van der Waals surface area contributed by atoms with Crippen LogP contribution in [0.3, 0.4) is 0 Å². The molecule has 2 N–H and O–H groups in total. The number of carbonyl (C=O) groups excluding carboxylic acids is 1.